The number of amides is 1. The third kappa shape index (κ3) is 5.00. The lowest BCUT2D eigenvalue weighted by Gasteiger charge is -2.34. The molecule has 1 amide bonds. The molecule has 1 aromatic carbocycles. The number of anilines is 1. The Morgan fingerprint density at radius 1 is 1.07 bits per heavy atom. The molecule has 28 heavy (non-hydrogen) atoms. The molecule has 1 saturated heterocycles. The number of hydrogen-bond donors (Lipinski definition) is 1. The molecule has 1 aliphatic heterocycles. The van der Waals surface area contributed by atoms with Gasteiger partial charge >= 0.3 is 0 Å². The quantitative estimate of drug-likeness (QED) is 0.833. The van der Waals surface area contributed by atoms with Crippen LogP contribution in [0.25, 0.3) is 0 Å². The smallest absolute Gasteiger partial charge is 0.238 e. The number of nitrogens with one attached hydrogen (secondary N) is 1. The van der Waals surface area contributed by atoms with Crippen molar-refractivity contribution in [3.8, 4) is 0 Å². The molecule has 1 aliphatic rings. The van der Waals surface area contributed by atoms with E-state index in [0.29, 0.717) is 12.5 Å². The number of carbonyl (C=O) groups is 1. The summed E-state index contributed by atoms with van der Waals surface area (Å²) >= 11 is 0. The van der Waals surface area contributed by atoms with Gasteiger partial charge in [0.2, 0.25) is 5.91 Å². The summed E-state index contributed by atoms with van der Waals surface area (Å²) in [4.78, 5) is 17.1. The molecule has 0 spiro atoms. The van der Waals surface area contributed by atoms with E-state index in [-0.39, 0.29) is 5.91 Å². The zero-order valence-electron chi connectivity index (χ0n) is 17.8. The summed E-state index contributed by atoms with van der Waals surface area (Å²) in [6, 6.07) is 8.97. The molecule has 0 atom stereocenters. The van der Waals surface area contributed by atoms with Crippen LogP contribution in [-0.4, -0.2) is 58.2 Å². The second kappa shape index (κ2) is 8.88. The van der Waals surface area contributed by atoms with Gasteiger partial charge in [0.1, 0.15) is 0 Å². The van der Waals surface area contributed by atoms with Crippen molar-refractivity contribution in [2.45, 2.75) is 40.2 Å². The van der Waals surface area contributed by atoms with E-state index >= 15 is 0 Å². The largest absolute Gasteiger partial charge is 0.322 e. The van der Waals surface area contributed by atoms with E-state index in [2.05, 4.69) is 58.3 Å². The highest BCUT2D eigenvalue weighted by molar-refractivity contribution is 5.93. The van der Waals surface area contributed by atoms with Gasteiger partial charge in [0, 0.05) is 39.8 Å². The minimum atomic E-state index is 0.0388. The Morgan fingerprint density at radius 3 is 2.21 bits per heavy atom. The fraction of sp³-hybridized carbons (Fsp3) is 0.545. The highest BCUT2D eigenvalue weighted by Gasteiger charge is 2.20. The first-order chi connectivity index (χ1) is 13.3. The van der Waals surface area contributed by atoms with Crippen LogP contribution in [0.1, 0.15) is 42.3 Å². The molecular formula is C22H33N5O. The van der Waals surface area contributed by atoms with Gasteiger partial charge in [-0.3, -0.25) is 19.3 Å². The maximum atomic E-state index is 12.5. The van der Waals surface area contributed by atoms with Crippen LogP contribution in [-0.2, 0) is 18.4 Å². The number of carbonyl (C=O) groups excluding carboxylic acids is 1. The number of aromatic nitrogens is 2. The highest BCUT2D eigenvalue weighted by Crippen LogP contribution is 2.19. The Hall–Kier alpha value is -2.18. The van der Waals surface area contributed by atoms with Crippen LogP contribution in [0.3, 0.4) is 0 Å². The van der Waals surface area contributed by atoms with E-state index in [1.54, 1.807) is 4.68 Å². The first-order valence-electron chi connectivity index (χ1n) is 10.2. The fourth-order valence-corrected chi connectivity index (χ4v) is 3.71. The van der Waals surface area contributed by atoms with Crippen LogP contribution in [0, 0.1) is 13.8 Å². The van der Waals surface area contributed by atoms with Gasteiger partial charge in [-0.1, -0.05) is 38.1 Å². The highest BCUT2D eigenvalue weighted by atomic mass is 16.2. The van der Waals surface area contributed by atoms with Gasteiger partial charge in [0.05, 0.1) is 23.6 Å². The van der Waals surface area contributed by atoms with Gasteiger partial charge in [0.15, 0.2) is 0 Å². The monoisotopic (exact) mass is 383 g/mol. The Kier molecular flexibility index (Phi) is 6.52. The molecule has 1 fully saturated rings. The molecular weight excluding hydrogens is 350 g/mol. The molecule has 0 radical (unpaired) electrons. The molecule has 6 heteroatoms. The van der Waals surface area contributed by atoms with Gasteiger partial charge in [-0.2, -0.15) is 5.10 Å². The van der Waals surface area contributed by atoms with E-state index in [4.69, 9.17) is 0 Å². The van der Waals surface area contributed by atoms with Gasteiger partial charge < -0.3 is 5.32 Å². The maximum Gasteiger partial charge on any atom is 0.238 e. The zero-order chi connectivity index (χ0) is 20.3. The Balaban J connectivity index is 1.45. The molecule has 0 bridgehead atoms. The summed E-state index contributed by atoms with van der Waals surface area (Å²) in [7, 11) is 1.90. The van der Waals surface area contributed by atoms with Crippen LogP contribution >= 0.6 is 0 Å². The standard InChI is InChI=1S/C22H33N5O/c1-16(2)20-8-6-19(7-9-20)14-26-10-12-27(13-11-26)15-21(28)23-22-17(3)24-25(5)18(22)4/h6-9,16H,10-15H2,1-5H3,(H,23,28). The van der Waals surface area contributed by atoms with Crippen molar-refractivity contribution in [3.05, 3.63) is 46.8 Å². The normalized spacial score (nSPS) is 15.9. The minimum absolute atomic E-state index is 0.0388. The van der Waals surface area contributed by atoms with Crippen molar-refractivity contribution in [1.82, 2.24) is 19.6 Å². The summed E-state index contributed by atoms with van der Waals surface area (Å²) in [5, 5.41) is 7.39. The van der Waals surface area contributed by atoms with E-state index < -0.39 is 0 Å². The second-order valence-corrected chi connectivity index (χ2v) is 8.17. The Morgan fingerprint density at radius 2 is 1.68 bits per heavy atom. The van der Waals surface area contributed by atoms with Crippen LogP contribution in [0.5, 0.6) is 0 Å². The van der Waals surface area contributed by atoms with E-state index in [0.717, 1.165) is 49.8 Å². The summed E-state index contributed by atoms with van der Waals surface area (Å²) < 4.78 is 1.80. The lowest BCUT2D eigenvalue weighted by atomic mass is 10.0. The first kappa shape index (κ1) is 20.6. The van der Waals surface area contributed by atoms with Gasteiger partial charge in [-0.05, 0) is 30.9 Å². The topological polar surface area (TPSA) is 53.4 Å². The van der Waals surface area contributed by atoms with Crippen molar-refractivity contribution >= 4 is 11.6 Å². The SMILES string of the molecule is Cc1nn(C)c(C)c1NC(=O)CN1CCN(Cc2ccc(C(C)C)cc2)CC1. The molecule has 1 aromatic heterocycles. The van der Waals surface area contributed by atoms with Gasteiger partial charge in [-0.25, -0.2) is 0 Å². The van der Waals surface area contributed by atoms with Crippen LogP contribution in [0.4, 0.5) is 5.69 Å². The number of aryl methyl sites for hydroxylation is 2. The molecule has 152 valence electrons. The maximum absolute atomic E-state index is 12.5. The minimum Gasteiger partial charge on any atom is -0.322 e. The molecule has 3 rings (SSSR count). The number of hydrogen-bond acceptors (Lipinski definition) is 4. The van der Waals surface area contributed by atoms with Gasteiger partial charge in [-0.15, -0.1) is 0 Å². The van der Waals surface area contributed by atoms with Crippen LogP contribution < -0.4 is 5.32 Å². The zero-order valence-corrected chi connectivity index (χ0v) is 17.8. The third-order valence-electron chi connectivity index (χ3n) is 5.66. The Bertz CT molecular complexity index is 801. The average Bonchev–Trinajstić information content (AvgIpc) is 2.90. The lowest BCUT2D eigenvalue weighted by molar-refractivity contribution is -0.117. The van der Waals surface area contributed by atoms with E-state index in [9.17, 15) is 4.79 Å². The van der Waals surface area contributed by atoms with Crippen LogP contribution in [0.15, 0.2) is 24.3 Å². The van der Waals surface area contributed by atoms with Crippen molar-refractivity contribution in [2.24, 2.45) is 7.05 Å². The number of nitrogens with zero attached hydrogens (tertiary/aromatic N) is 4. The molecule has 0 unspecified atom stereocenters. The number of rotatable bonds is 6. The van der Waals surface area contributed by atoms with Crippen LogP contribution in [0.2, 0.25) is 0 Å². The fourth-order valence-electron chi connectivity index (χ4n) is 3.71. The van der Waals surface area contributed by atoms with Crippen molar-refractivity contribution in [3.63, 3.8) is 0 Å². The van der Waals surface area contributed by atoms with E-state index in [1.807, 2.05) is 20.9 Å². The lowest BCUT2D eigenvalue weighted by Crippen LogP contribution is -2.48. The summed E-state index contributed by atoms with van der Waals surface area (Å²) in [6.45, 7) is 13.6. The van der Waals surface area contributed by atoms with Crippen molar-refractivity contribution in [1.29, 1.82) is 0 Å². The molecule has 1 N–H and O–H groups in total. The van der Waals surface area contributed by atoms with Crippen molar-refractivity contribution < 1.29 is 4.79 Å². The number of piperazine rings is 1. The predicted octanol–water partition coefficient (Wildman–Crippen LogP) is 2.92. The summed E-state index contributed by atoms with van der Waals surface area (Å²) in [5.41, 5.74) is 5.44. The van der Waals surface area contributed by atoms with Crippen molar-refractivity contribution in [2.75, 3.05) is 38.0 Å². The Labute approximate surface area is 168 Å². The van der Waals surface area contributed by atoms with Gasteiger partial charge in [0.25, 0.3) is 0 Å². The summed E-state index contributed by atoms with van der Waals surface area (Å²) in [5.74, 6) is 0.611. The summed E-state index contributed by atoms with van der Waals surface area (Å²) in [6.07, 6.45) is 0. The third-order valence-corrected chi connectivity index (χ3v) is 5.66. The molecule has 0 saturated carbocycles. The first-order valence-corrected chi connectivity index (χ1v) is 10.2. The number of benzene rings is 1. The average molecular weight is 384 g/mol. The molecule has 2 heterocycles. The second-order valence-electron chi connectivity index (χ2n) is 8.17. The molecule has 2 aromatic rings. The predicted molar refractivity (Wildman–Crippen MR) is 114 cm³/mol. The molecule has 6 nitrogen and oxygen atoms in total. The molecule has 0 aliphatic carbocycles. The van der Waals surface area contributed by atoms with E-state index in [1.165, 1.54) is 11.1 Å².